The molecule has 0 aliphatic carbocycles. The zero-order chi connectivity index (χ0) is 22.5. The Bertz CT molecular complexity index is 819. The summed E-state index contributed by atoms with van der Waals surface area (Å²) in [5, 5.41) is 1.02. The molecular formula is C25H31BrO5. The summed E-state index contributed by atoms with van der Waals surface area (Å²) < 4.78 is 15.8. The fourth-order valence-electron chi connectivity index (χ4n) is 3.40. The van der Waals surface area contributed by atoms with E-state index in [1.165, 1.54) is 14.2 Å². The van der Waals surface area contributed by atoms with Crippen LogP contribution in [0.3, 0.4) is 0 Å². The van der Waals surface area contributed by atoms with E-state index in [9.17, 15) is 9.59 Å². The van der Waals surface area contributed by atoms with Crippen molar-refractivity contribution in [2.24, 2.45) is 5.92 Å². The number of rotatable bonds is 13. The summed E-state index contributed by atoms with van der Waals surface area (Å²) in [4.78, 5) is 23.9. The van der Waals surface area contributed by atoms with Gasteiger partial charge in [0.05, 0.1) is 25.7 Å². The van der Waals surface area contributed by atoms with Gasteiger partial charge in [-0.15, -0.1) is 0 Å². The topological polar surface area (TPSA) is 61.8 Å². The summed E-state index contributed by atoms with van der Waals surface area (Å²) in [6.45, 7) is 0.369. The normalized spacial score (nSPS) is 11.6. The predicted octanol–water partition coefficient (Wildman–Crippen LogP) is 5.73. The lowest BCUT2D eigenvalue weighted by atomic mass is 9.93. The van der Waals surface area contributed by atoms with Gasteiger partial charge in [0.2, 0.25) is 0 Å². The molecule has 0 aromatic heterocycles. The van der Waals surface area contributed by atoms with Gasteiger partial charge in [0.15, 0.2) is 0 Å². The van der Waals surface area contributed by atoms with Crippen molar-refractivity contribution in [3.05, 3.63) is 65.2 Å². The van der Waals surface area contributed by atoms with Crippen molar-refractivity contribution in [2.75, 3.05) is 19.5 Å². The quantitative estimate of drug-likeness (QED) is 0.204. The summed E-state index contributed by atoms with van der Waals surface area (Å²) in [6, 6.07) is 14.9. The highest BCUT2D eigenvalue weighted by atomic mass is 79.9. The van der Waals surface area contributed by atoms with Gasteiger partial charge >= 0.3 is 11.9 Å². The molecule has 0 aliphatic heterocycles. The van der Waals surface area contributed by atoms with E-state index in [4.69, 9.17) is 14.2 Å². The second kappa shape index (κ2) is 13.9. The van der Waals surface area contributed by atoms with E-state index in [1.807, 2.05) is 36.4 Å². The molecule has 0 saturated heterocycles. The lowest BCUT2D eigenvalue weighted by Gasteiger charge is -2.17. The minimum atomic E-state index is -0.362. The van der Waals surface area contributed by atoms with Gasteiger partial charge in [0, 0.05) is 5.33 Å². The average molecular weight is 491 g/mol. The standard InChI is InChI=1S/C25H31BrO5/c1-29-24(27)20-14-12-19(13-15-20)18-31-23-11-7-6-9-21(23)17-22(25(28)30-2)10-5-3-4-8-16-26/h6-7,9,11-15,22H,3-5,8,10,16-18H2,1-2H3. The molecule has 1 unspecified atom stereocenters. The van der Waals surface area contributed by atoms with Gasteiger partial charge in [-0.1, -0.05) is 65.5 Å². The van der Waals surface area contributed by atoms with Crippen LogP contribution in [0.25, 0.3) is 0 Å². The zero-order valence-electron chi connectivity index (χ0n) is 18.3. The molecule has 0 amide bonds. The number of carbonyl (C=O) groups is 2. The van der Waals surface area contributed by atoms with Crippen LogP contribution in [-0.4, -0.2) is 31.5 Å². The molecule has 2 rings (SSSR count). The Morgan fingerprint density at radius 1 is 0.903 bits per heavy atom. The number of benzene rings is 2. The van der Waals surface area contributed by atoms with E-state index in [1.54, 1.807) is 12.1 Å². The van der Waals surface area contributed by atoms with E-state index in [0.717, 1.165) is 54.3 Å². The van der Waals surface area contributed by atoms with Crippen LogP contribution in [0.5, 0.6) is 5.75 Å². The molecule has 0 saturated carbocycles. The number of esters is 2. The van der Waals surface area contributed by atoms with Gasteiger partial charge in [-0.2, -0.15) is 0 Å². The third-order valence-corrected chi connectivity index (χ3v) is 5.74. The molecular weight excluding hydrogens is 460 g/mol. The van der Waals surface area contributed by atoms with E-state index >= 15 is 0 Å². The van der Waals surface area contributed by atoms with E-state index in [-0.39, 0.29) is 17.9 Å². The van der Waals surface area contributed by atoms with E-state index < -0.39 is 0 Å². The number of hydrogen-bond donors (Lipinski definition) is 0. The third-order valence-electron chi connectivity index (χ3n) is 5.18. The van der Waals surface area contributed by atoms with Crippen molar-refractivity contribution in [2.45, 2.75) is 45.1 Å². The fourth-order valence-corrected chi connectivity index (χ4v) is 3.80. The van der Waals surface area contributed by atoms with Crippen molar-refractivity contribution in [3.8, 4) is 5.75 Å². The zero-order valence-corrected chi connectivity index (χ0v) is 19.9. The maximum absolute atomic E-state index is 12.3. The molecule has 0 heterocycles. The van der Waals surface area contributed by atoms with Gasteiger partial charge in [0.1, 0.15) is 12.4 Å². The Hall–Kier alpha value is -2.34. The molecule has 31 heavy (non-hydrogen) atoms. The molecule has 0 N–H and O–H groups in total. The Balaban J connectivity index is 2.00. The molecule has 2 aromatic rings. The number of unbranched alkanes of at least 4 members (excludes halogenated alkanes) is 3. The van der Waals surface area contributed by atoms with Crippen LogP contribution in [0.1, 0.15) is 53.6 Å². The second-order valence-corrected chi connectivity index (χ2v) is 8.19. The lowest BCUT2D eigenvalue weighted by molar-refractivity contribution is -0.145. The fraction of sp³-hybridized carbons (Fsp3) is 0.440. The highest BCUT2D eigenvalue weighted by molar-refractivity contribution is 9.09. The Morgan fingerprint density at radius 3 is 2.29 bits per heavy atom. The van der Waals surface area contributed by atoms with Gasteiger partial charge in [0.25, 0.3) is 0 Å². The van der Waals surface area contributed by atoms with Crippen LogP contribution >= 0.6 is 15.9 Å². The summed E-state index contributed by atoms with van der Waals surface area (Å²) in [5.74, 6) is 0.0401. The first kappa shape index (κ1) is 24.9. The van der Waals surface area contributed by atoms with Gasteiger partial charge < -0.3 is 14.2 Å². The number of ether oxygens (including phenoxy) is 3. The lowest BCUT2D eigenvalue weighted by Crippen LogP contribution is -2.19. The molecule has 0 bridgehead atoms. The predicted molar refractivity (Wildman–Crippen MR) is 125 cm³/mol. The number of para-hydroxylation sites is 1. The average Bonchev–Trinajstić information content (AvgIpc) is 2.81. The van der Waals surface area contributed by atoms with Crippen molar-refractivity contribution >= 4 is 27.9 Å². The first-order valence-corrected chi connectivity index (χ1v) is 11.7. The molecule has 1 atom stereocenters. The number of methoxy groups -OCH3 is 2. The van der Waals surface area contributed by atoms with Crippen LogP contribution in [0.15, 0.2) is 48.5 Å². The Morgan fingerprint density at radius 2 is 1.61 bits per heavy atom. The van der Waals surface area contributed by atoms with Crippen LogP contribution in [0.4, 0.5) is 0 Å². The molecule has 5 nitrogen and oxygen atoms in total. The molecule has 0 radical (unpaired) electrons. The minimum absolute atomic E-state index is 0.173. The number of hydrogen-bond acceptors (Lipinski definition) is 5. The molecule has 2 aromatic carbocycles. The monoisotopic (exact) mass is 490 g/mol. The summed E-state index contributed by atoms with van der Waals surface area (Å²) in [5.41, 5.74) is 2.44. The van der Waals surface area contributed by atoms with Crippen LogP contribution < -0.4 is 4.74 Å². The first-order valence-electron chi connectivity index (χ1n) is 10.6. The highest BCUT2D eigenvalue weighted by Crippen LogP contribution is 2.26. The molecule has 168 valence electrons. The van der Waals surface area contributed by atoms with Crippen molar-refractivity contribution < 1.29 is 23.8 Å². The van der Waals surface area contributed by atoms with Crippen molar-refractivity contribution in [1.82, 2.24) is 0 Å². The second-order valence-electron chi connectivity index (χ2n) is 7.40. The molecule has 0 spiro atoms. The number of carbonyl (C=O) groups excluding carboxylic acids is 2. The van der Waals surface area contributed by atoms with Crippen molar-refractivity contribution in [3.63, 3.8) is 0 Å². The van der Waals surface area contributed by atoms with Gasteiger partial charge in [-0.25, -0.2) is 4.79 Å². The maximum atomic E-state index is 12.3. The smallest absolute Gasteiger partial charge is 0.337 e. The summed E-state index contributed by atoms with van der Waals surface area (Å²) in [7, 11) is 2.81. The van der Waals surface area contributed by atoms with E-state index in [0.29, 0.717) is 18.6 Å². The minimum Gasteiger partial charge on any atom is -0.489 e. The van der Waals surface area contributed by atoms with E-state index in [2.05, 4.69) is 15.9 Å². The highest BCUT2D eigenvalue weighted by Gasteiger charge is 2.21. The SMILES string of the molecule is COC(=O)c1ccc(COc2ccccc2CC(CCCCCCBr)C(=O)OC)cc1. The largest absolute Gasteiger partial charge is 0.489 e. The Kier molecular flexibility index (Phi) is 11.1. The third kappa shape index (κ3) is 8.37. The van der Waals surface area contributed by atoms with Crippen LogP contribution in [0.2, 0.25) is 0 Å². The molecule has 0 fully saturated rings. The van der Waals surface area contributed by atoms with Gasteiger partial charge in [-0.3, -0.25) is 4.79 Å². The Labute approximate surface area is 193 Å². The number of alkyl halides is 1. The van der Waals surface area contributed by atoms with Gasteiger partial charge in [-0.05, 0) is 48.6 Å². The van der Waals surface area contributed by atoms with Crippen LogP contribution in [-0.2, 0) is 27.3 Å². The molecule has 6 heteroatoms. The maximum Gasteiger partial charge on any atom is 0.337 e. The summed E-state index contributed by atoms with van der Waals surface area (Å²) >= 11 is 3.45. The van der Waals surface area contributed by atoms with Crippen molar-refractivity contribution in [1.29, 1.82) is 0 Å². The first-order chi connectivity index (χ1) is 15.1. The molecule has 0 aliphatic rings. The number of halogens is 1. The van der Waals surface area contributed by atoms with Crippen LogP contribution in [0, 0.1) is 5.92 Å². The summed E-state index contributed by atoms with van der Waals surface area (Å²) in [6.07, 6.45) is 5.82.